The van der Waals surface area contributed by atoms with Gasteiger partial charge < -0.3 is 5.32 Å². The normalized spacial score (nSPS) is 15.3. The zero-order valence-electron chi connectivity index (χ0n) is 11.4. The summed E-state index contributed by atoms with van der Waals surface area (Å²) in [7, 11) is 1.95. The molecule has 0 saturated heterocycles. The van der Waals surface area contributed by atoms with Crippen LogP contribution >= 0.6 is 22.9 Å². The number of hydrogen-bond donors (Lipinski definition) is 1. The summed E-state index contributed by atoms with van der Waals surface area (Å²) in [4.78, 5) is 2.85. The van der Waals surface area contributed by atoms with Crippen LogP contribution in [0.1, 0.15) is 33.3 Å². The maximum absolute atomic E-state index is 13.5. The van der Waals surface area contributed by atoms with E-state index in [2.05, 4.69) is 11.4 Å². The highest BCUT2D eigenvalue weighted by Crippen LogP contribution is 2.35. The van der Waals surface area contributed by atoms with Crippen molar-refractivity contribution in [3.05, 3.63) is 56.0 Å². The molecule has 1 aliphatic carbocycles. The van der Waals surface area contributed by atoms with Crippen LogP contribution < -0.4 is 5.32 Å². The second kappa shape index (κ2) is 5.84. The standard InChI is InChI=1S/C16H17ClFNS/c1-19-13(8-11-5-2-6-12(18)16(11)17)15-9-10-4-3-7-14(10)20-15/h2,5-6,9,13,19H,3-4,7-8H2,1H3. The second-order valence-corrected chi connectivity index (χ2v) is 6.76. The smallest absolute Gasteiger partial charge is 0.142 e. The van der Waals surface area contributed by atoms with Gasteiger partial charge in [-0.3, -0.25) is 0 Å². The molecule has 1 aliphatic rings. The molecular weight excluding hydrogens is 293 g/mol. The number of benzene rings is 1. The van der Waals surface area contributed by atoms with Gasteiger partial charge in [0.2, 0.25) is 0 Å². The first-order valence-electron chi connectivity index (χ1n) is 6.90. The maximum Gasteiger partial charge on any atom is 0.142 e. The Bertz CT molecular complexity index is 601. The van der Waals surface area contributed by atoms with Gasteiger partial charge in [0.05, 0.1) is 5.02 Å². The predicted molar refractivity (Wildman–Crippen MR) is 83.3 cm³/mol. The molecule has 1 nitrogen and oxygen atoms in total. The maximum atomic E-state index is 13.5. The summed E-state index contributed by atoms with van der Waals surface area (Å²) in [5.74, 6) is -0.340. The van der Waals surface area contributed by atoms with Gasteiger partial charge in [-0.05, 0) is 56.0 Å². The van der Waals surface area contributed by atoms with Gasteiger partial charge in [0.1, 0.15) is 5.82 Å². The fraction of sp³-hybridized carbons (Fsp3) is 0.375. The van der Waals surface area contributed by atoms with Crippen LogP contribution in [0.25, 0.3) is 0 Å². The number of rotatable bonds is 4. The highest BCUT2D eigenvalue weighted by atomic mass is 35.5. The molecule has 1 aromatic heterocycles. The molecule has 0 saturated carbocycles. The van der Waals surface area contributed by atoms with E-state index in [0.717, 1.165) is 5.56 Å². The molecule has 2 aromatic rings. The highest BCUT2D eigenvalue weighted by molar-refractivity contribution is 7.12. The Morgan fingerprint density at radius 3 is 3.00 bits per heavy atom. The number of halogens is 2. The average Bonchev–Trinajstić information content (AvgIpc) is 3.01. The molecule has 0 spiro atoms. The average molecular weight is 310 g/mol. The summed E-state index contributed by atoms with van der Waals surface area (Å²) >= 11 is 7.94. The van der Waals surface area contributed by atoms with Crippen molar-refractivity contribution in [2.75, 3.05) is 7.05 Å². The summed E-state index contributed by atoms with van der Waals surface area (Å²) < 4.78 is 13.5. The molecule has 0 aliphatic heterocycles. The van der Waals surface area contributed by atoms with Crippen molar-refractivity contribution in [1.29, 1.82) is 0 Å². The van der Waals surface area contributed by atoms with Crippen molar-refractivity contribution < 1.29 is 4.39 Å². The molecule has 4 heteroatoms. The number of hydrogen-bond acceptors (Lipinski definition) is 2. The van der Waals surface area contributed by atoms with Crippen LogP contribution in [0, 0.1) is 5.82 Å². The van der Waals surface area contributed by atoms with Gasteiger partial charge in [-0.15, -0.1) is 11.3 Å². The Kier molecular flexibility index (Phi) is 4.11. The van der Waals surface area contributed by atoms with Crippen molar-refractivity contribution in [1.82, 2.24) is 5.32 Å². The van der Waals surface area contributed by atoms with Crippen LogP contribution in [0.5, 0.6) is 0 Å². The molecule has 20 heavy (non-hydrogen) atoms. The lowest BCUT2D eigenvalue weighted by Crippen LogP contribution is -2.18. The zero-order valence-corrected chi connectivity index (χ0v) is 13.0. The third-order valence-corrected chi connectivity index (χ3v) is 5.69. The molecule has 0 bridgehead atoms. The lowest BCUT2D eigenvalue weighted by Gasteiger charge is -2.16. The monoisotopic (exact) mass is 309 g/mol. The van der Waals surface area contributed by atoms with Crippen molar-refractivity contribution in [3.8, 4) is 0 Å². The minimum atomic E-state index is -0.340. The first-order valence-corrected chi connectivity index (χ1v) is 8.10. The van der Waals surface area contributed by atoms with Gasteiger partial charge in [0, 0.05) is 15.8 Å². The molecule has 1 unspecified atom stereocenters. The molecular formula is C16H17ClFNS. The molecule has 3 rings (SSSR count). The summed E-state index contributed by atoms with van der Waals surface area (Å²) in [6.45, 7) is 0. The Labute approximate surface area is 127 Å². The minimum Gasteiger partial charge on any atom is -0.312 e. The van der Waals surface area contributed by atoms with E-state index in [1.165, 1.54) is 40.6 Å². The highest BCUT2D eigenvalue weighted by Gasteiger charge is 2.20. The molecule has 1 aromatic carbocycles. The number of nitrogens with one attached hydrogen (secondary N) is 1. The van der Waals surface area contributed by atoms with E-state index >= 15 is 0 Å². The summed E-state index contributed by atoms with van der Waals surface area (Å²) in [5.41, 5.74) is 2.36. The van der Waals surface area contributed by atoms with Crippen LogP contribution in [-0.2, 0) is 19.3 Å². The quantitative estimate of drug-likeness (QED) is 0.875. The number of thiophene rings is 1. The third kappa shape index (κ3) is 2.62. The fourth-order valence-electron chi connectivity index (χ4n) is 2.79. The van der Waals surface area contributed by atoms with Gasteiger partial charge in [-0.25, -0.2) is 4.39 Å². The topological polar surface area (TPSA) is 12.0 Å². The fourth-order valence-corrected chi connectivity index (χ4v) is 4.37. The Balaban J connectivity index is 1.84. The van der Waals surface area contributed by atoms with Crippen LogP contribution in [-0.4, -0.2) is 7.05 Å². The van der Waals surface area contributed by atoms with E-state index < -0.39 is 0 Å². The van der Waals surface area contributed by atoms with E-state index in [1.54, 1.807) is 6.07 Å². The van der Waals surface area contributed by atoms with E-state index in [9.17, 15) is 4.39 Å². The second-order valence-electron chi connectivity index (χ2n) is 5.21. The molecule has 0 radical (unpaired) electrons. The summed E-state index contributed by atoms with van der Waals surface area (Å²) in [5, 5.41) is 3.58. The van der Waals surface area contributed by atoms with Crippen LogP contribution in [0.2, 0.25) is 5.02 Å². The third-order valence-electron chi connectivity index (χ3n) is 3.91. The van der Waals surface area contributed by atoms with Crippen molar-refractivity contribution in [3.63, 3.8) is 0 Å². The van der Waals surface area contributed by atoms with E-state index in [4.69, 9.17) is 11.6 Å². The molecule has 1 atom stereocenters. The van der Waals surface area contributed by atoms with E-state index in [0.29, 0.717) is 6.42 Å². The van der Waals surface area contributed by atoms with Gasteiger partial charge in [-0.1, -0.05) is 23.7 Å². The molecule has 0 amide bonds. The predicted octanol–water partition coefficient (Wildman–Crippen LogP) is 4.53. The van der Waals surface area contributed by atoms with Crippen molar-refractivity contribution in [2.24, 2.45) is 0 Å². The van der Waals surface area contributed by atoms with Crippen LogP contribution in [0.4, 0.5) is 4.39 Å². The Morgan fingerprint density at radius 1 is 1.40 bits per heavy atom. The molecule has 1 N–H and O–H groups in total. The number of likely N-dealkylation sites (N-methyl/N-ethyl adjacent to an activating group) is 1. The Hall–Kier alpha value is -0.900. The van der Waals surface area contributed by atoms with Crippen molar-refractivity contribution >= 4 is 22.9 Å². The van der Waals surface area contributed by atoms with Crippen LogP contribution in [0.15, 0.2) is 24.3 Å². The van der Waals surface area contributed by atoms with Gasteiger partial charge in [-0.2, -0.15) is 0 Å². The summed E-state index contributed by atoms with van der Waals surface area (Å²) in [6.07, 6.45) is 4.40. The zero-order chi connectivity index (χ0) is 14.1. The molecule has 106 valence electrons. The lowest BCUT2D eigenvalue weighted by atomic mass is 10.0. The van der Waals surface area contributed by atoms with Gasteiger partial charge in [0.25, 0.3) is 0 Å². The number of aryl methyl sites for hydroxylation is 2. The van der Waals surface area contributed by atoms with E-state index in [1.807, 2.05) is 24.5 Å². The SMILES string of the molecule is CNC(Cc1cccc(F)c1Cl)c1cc2c(s1)CCC2. The molecule has 1 heterocycles. The van der Waals surface area contributed by atoms with Crippen LogP contribution in [0.3, 0.4) is 0 Å². The Morgan fingerprint density at radius 2 is 2.25 bits per heavy atom. The van der Waals surface area contributed by atoms with Gasteiger partial charge in [0.15, 0.2) is 0 Å². The van der Waals surface area contributed by atoms with Gasteiger partial charge >= 0.3 is 0 Å². The lowest BCUT2D eigenvalue weighted by molar-refractivity contribution is 0.592. The number of fused-ring (bicyclic) bond motifs is 1. The first kappa shape index (κ1) is 14.1. The largest absolute Gasteiger partial charge is 0.312 e. The van der Waals surface area contributed by atoms with Crippen molar-refractivity contribution in [2.45, 2.75) is 31.7 Å². The summed E-state index contributed by atoms with van der Waals surface area (Å²) in [6, 6.07) is 7.53. The minimum absolute atomic E-state index is 0.199. The first-order chi connectivity index (χ1) is 9.69. The molecule has 0 fully saturated rings. The van der Waals surface area contributed by atoms with E-state index in [-0.39, 0.29) is 16.9 Å².